The van der Waals surface area contributed by atoms with Crippen LogP contribution in [0.4, 0.5) is 4.79 Å². The summed E-state index contributed by atoms with van der Waals surface area (Å²) in [7, 11) is 1.30. The number of carbonyl (C=O) groups excluding carboxylic acids is 3. The molecule has 3 atom stereocenters. The number of hydrogen-bond acceptors (Lipinski definition) is 6. The minimum absolute atomic E-state index is 0.391. The van der Waals surface area contributed by atoms with Gasteiger partial charge in [-0.1, -0.05) is 13.3 Å². The van der Waals surface area contributed by atoms with Crippen molar-refractivity contribution in [3.63, 3.8) is 0 Å². The Morgan fingerprint density at radius 1 is 1.27 bits per heavy atom. The van der Waals surface area contributed by atoms with Crippen molar-refractivity contribution in [2.45, 2.75) is 77.5 Å². The van der Waals surface area contributed by atoms with Gasteiger partial charge in [0.25, 0.3) is 0 Å². The van der Waals surface area contributed by atoms with Gasteiger partial charge in [-0.15, -0.1) is 0 Å². The van der Waals surface area contributed by atoms with Crippen LogP contribution in [0, 0.1) is 5.92 Å². The van der Waals surface area contributed by atoms with Gasteiger partial charge in [0.15, 0.2) is 6.04 Å². The number of ether oxygens (including phenoxy) is 3. The molecule has 26 heavy (non-hydrogen) atoms. The molecule has 1 saturated heterocycles. The van der Waals surface area contributed by atoms with Crippen LogP contribution in [-0.2, 0) is 23.8 Å². The maximum atomic E-state index is 12.4. The lowest BCUT2D eigenvalue weighted by Crippen LogP contribution is -2.48. The Morgan fingerprint density at radius 3 is 2.50 bits per heavy atom. The van der Waals surface area contributed by atoms with E-state index in [1.807, 2.05) is 0 Å². The summed E-state index contributed by atoms with van der Waals surface area (Å²) in [5, 5.41) is 0. The van der Waals surface area contributed by atoms with E-state index >= 15 is 0 Å². The van der Waals surface area contributed by atoms with Gasteiger partial charge in [-0.2, -0.15) is 0 Å². The fourth-order valence-electron chi connectivity index (χ4n) is 3.11. The van der Waals surface area contributed by atoms with Crippen molar-refractivity contribution in [1.82, 2.24) is 4.90 Å². The molecule has 0 spiro atoms. The van der Waals surface area contributed by atoms with Crippen molar-refractivity contribution < 1.29 is 28.6 Å². The molecule has 1 fully saturated rings. The van der Waals surface area contributed by atoms with Crippen LogP contribution in [-0.4, -0.2) is 61.3 Å². The second-order valence-corrected chi connectivity index (χ2v) is 7.65. The molecule has 1 heterocycles. The third-order valence-corrected chi connectivity index (χ3v) is 4.54. The molecular weight excluding hydrogens is 338 g/mol. The first-order chi connectivity index (χ1) is 12.2. The topological polar surface area (TPSA) is 82.1 Å². The van der Waals surface area contributed by atoms with E-state index in [-0.39, 0.29) is 0 Å². The van der Waals surface area contributed by atoms with E-state index in [2.05, 4.69) is 6.92 Å². The highest BCUT2D eigenvalue weighted by atomic mass is 16.6. The number of hydrogen-bond donors (Lipinski definition) is 0. The smallest absolute Gasteiger partial charge is 0.411 e. The molecule has 150 valence electrons. The molecule has 1 aliphatic rings. The average molecular weight is 371 g/mol. The highest BCUT2D eigenvalue weighted by Gasteiger charge is 2.45. The lowest BCUT2D eigenvalue weighted by atomic mass is 9.97. The van der Waals surface area contributed by atoms with E-state index in [4.69, 9.17) is 14.2 Å². The van der Waals surface area contributed by atoms with Crippen LogP contribution in [0.25, 0.3) is 0 Å². The Bertz CT molecular complexity index is 473. The first-order valence-corrected chi connectivity index (χ1v) is 9.36. The van der Waals surface area contributed by atoms with E-state index in [1.165, 1.54) is 12.0 Å². The summed E-state index contributed by atoms with van der Waals surface area (Å²) in [6, 6.07) is -0.787. The second-order valence-electron chi connectivity index (χ2n) is 7.65. The molecular formula is C19H33NO6. The van der Waals surface area contributed by atoms with Crippen molar-refractivity contribution in [2.24, 2.45) is 5.92 Å². The summed E-state index contributed by atoms with van der Waals surface area (Å²) in [5.41, 5.74) is -0.635. The highest BCUT2D eigenvalue weighted by Crippen LogP contribution is 2.25. The molecule has 1 amide bonds. The summed E-state index contributed by atoms with van der Waals surface area (Å²) in [5.74, 6) is -0.0773. The maximum Gasteiger partial charge on any atom is 0.411 e. The molecule has 7 nitrogen and oxygen atoms in total. The molecule has 0 bridgehead atoms. The Hall–Kier alpha value is -1.63. The molecule has 0 radical (unpaired) electrons. The maximum absolute atomic E-state index is 12.4. The number of aldehydes is 1. The van der Waals surface area contributed by atoms with Crippen LogP contribution in [0.15, 0.2) is 0 Å². The van der Waals surface area contributed by atoms with Crippen LogP contribution >= 0.6 is 0 Å². The van der Waals surface area contributed by atoms with Gasteiger partial charge in [-0.25, -0.2) is 9.59 Å². The number of carbonyl (C=O) groups is 3. The summed E-state index contributed by atoms with van der Waals surface area (Å²) < 4.78 is 16.2. The Kier molecular flexibility index (Phi) is 9.05. The summed E-state index contributed by atoms with van der Waals surface area (Å²) in [4.78, 5) is 36.5. The molecule has 0 aromatic heterocycles. The fourth-order valence-corrected chi connectivity index (χ4v) is 3.11. The number of nitrogens with zero attached hydrogens (tertiary/aromatic N) is 1. The van der Waals surface area contributed by atoms with Gasteiger partial charge in [-0.3, -0.25) is 4.90 Å². The van der Waals surface area contributed by atoms with Gasteiger partial charge < -0.3 is 19.0 Å². The average Bonchev–Trinajstić information content (AvgIpc) is 2.99. The van der Waals surface area contributed by atoms with Crippen LogP contribution in [0.1, 0.15) is 59.8 Å². The lowest BCUT2D eigenvalue weighted by Gasteiger charge is -2.29. The largest absolute Gasteiger partial charge is 0.467 e. The fraction of sp³-hybridized carbons (Fsp3) is 0.842. The minimum atomic E-state index is -0.787. The summed E-state index contributed by atoms with van der Waals surface area (Å²) >= 11 is 0. The summed E-state index contributed by atoms with van der Waals surface area (Å²) in [6.45, 7) is 8.32. The van der Waals surface area contributed by atoms with Gasteiger partial charge in [0.2, 0.25) is 0 Å². The second kappa shape index (κ2) is 10.5. The Morgan fingerprint density at radius 2 is 1.96 bits per heavy atom. The molecule has 0 unspecified atom stereocenters. The van der Waals surface area contributed by atoms with Gasteiger partial charge >= 0.3 is 12.1 Å². The third kappa shape index (κ3) is 6.94. The van der Waals surface area contributed by atoms with Crippen LogP contribution in [0.5, 0.6) is 0 Å². The number of likely N-dealkylation sites (tertiary alicyclic amines) is 1. The lowest BCUT2D eigenvalue weighted by molar-refractivity contribution is -0.150. The van der Waals surface area contributed by atoms with Crippen molar-refractivity contribution >= 4 is 18.3 Å². The Labute approximate surface area is 156 Å². The van der Waals surface area contributed by atoms with E-state index in [1.54, 1.807) is 20.8 Å². The zero-order valence-electron chi connectivity index (χ0n) is 16.7. The van der Waals surface area contributed by atoms with Crippen molar-refractivity contribution in [2.75, 3.05) is 20.3 Å². The molecule has 7 heteroatoms. The van der Waals surface area contributed by atoms with Gasteiger partial charge in [0.05, 0.1) is 13.2 Å². The van der Waals surface area contributed by atoms with Gasteiger partial charge in [-0.05, 0) is 46.0 Å². The normalized spacial score (nSPS) is 21.3. The van der Waals surface area contributed by atoms with E-state index in [0.717, 1.165) is 25.5 Å². The number of methoxy groups -OCH3 is 1. The van der Waals surface area contributed by atoms with Crippen LogP contribution in [0.2, 0.25) is 0 Å². The quantitative estimate of drug-likeness (QED) is 0.458. The van der Waals surface area contributed by atoms with Crippen molar-refractivity contribution in [3.05, 3.63) is 0 Å². The molecule has 0 saturated carbocycles. The number of amides is 1. The number of esters is 1. The van der Waals surface area contributed by atoms with Crippen molar-refractivity contribution in [3.8, 4) is 0 Å². The first kappa shape index (κ1) is 22.4. The molecule has 1 aliphatic heterocycles. The molecule has 0 aromatic rings. The monoisotopic (exact) mass is 371 g/mol. The predicted octanol–water partition coefficient (Wildman–Crippen LogP) is 2.95. The number of rotatable bonds is 9. The van der Waals surface area contributed by atoms with Gasteiger partial charge in [0.1, 0.15) is 11.9 Å². The van der Waals surface area contributed by atoms with E-state index in [0.29, 0.717) is 31.9 Å². The standard InChI is InChI=1S/C19H33NO6/c1-6-14(8-7-12-21)10-13-25-15-9-11-20(16(15)17(22)24-5)18(23)26-19(2,3)4/h12,14-16H,6-11,13H2,1-5H3/t14-,15-,16+/m1/s1. The highest BCUT2D eigenvalue weighted by molar-refractivity contribution is 5.83. The first-order valence-electron chi connectivity index (χ1n) is 9.36. The third-order valence-electron chi connectivity index (χ3n) is 4.54. The minimum Gasteiger partial charge on any atom is -0.467 e. The molecule has 0 aromatic carbocycles. The zero-order chi connectivity index (χ0) is 19.7. The predicted molar refractivity (Wildman–Crippen MR) is 96.8 cm³/mol. The zero-order valence-corrected chi connectivity index (χ0v) is 16.7. The summed E-state index contributed by atoms with van der Waals surface area (Å²) in [6.07, 6.45) is 3.76. The Balaban J connectivity index is 2.65. The molecule has 0 N–H and O–H groups in total. The molecule has 1 rings (SSSR count). The SMILES string of the molecule is CC[C@H](CCC=O)CCO[C@@H]1CCN(C(=O)OC(C)(C)C)[C@@H]1C(=O)OC. The van der Waals surface area contributed by atoms with E-state index < -0.39 is 29.8 Å². The van der Waals surface area contributed by atoms with Crippen LogP contribution in [0.3, 0.4) is 0 Å². The van der Waals surface area contributed by atoms with E-state index in [9.17, 15) is 14.4 Å². The molecule has 0 aliphatic carbocycles. The van der Waals surface area contributed by atoms with Gasteiger partial charge in [0, 0.05) is 19.6 Å². The van der Waals surface area contributed by atoms with Crippen LogP contribution < -0.4 is 0 Å². The van der Waals surface area contributed by atoms with Crippen molar-refractivity contribution in [1.29, 1.82) is 0 Å².